The summed E-state index contributed by atoms with van der Waals surface area (Å²) in [6.07, 6.45) is 1.87. The van der Waals surface area contributed by atoms with E-state index in [1.54, 1.807) is 36.5 Å². The van der Waals surface area contributed by atoms with Gasteiger partial charge in [-0.05, 0) is 42.5 Å². The third-order valence-electron chi connectivity index (χ3n) is 3.03. The minimum Gasteiger partial charge on any atom is -0.352 e. The molecule has 0 aliphatic heterocycles. The molecule has 2 aromatic rings. The smallest absolute Gasteiger partial charge is 0.251 e. The van der Waals surface area contributed by atoms with Crippen LogP contribution in [0.5, 0.6) is 0 Å². The molecule has 5 nitrogen and oxygen atoms in total. The lowest BCUT2D eigenvalue weighted by atomic mass is 10.1. The summed E-state index contributed by atoms with van der Waals surface area (Å²) < 4.78 is 25.1. The van der Waals surface area contributed by atoms with E-state index in [1.165, 1.54) is 4.88 Å². The van der Waals surface area contributed by atoms with Gasteiger partial charge in [0.05, 0.1) is 11.9 Å². The molecule has 0 aliphatic carbocycles. The number of carbonyl (C=O) groups is 1. The maximum absolute atomic E-state index is 12.1. The van der Waals surface area contributed by atoms with Crippen molar-refractivity contribution in [1.29, 1.82) is 0 Å². The second kappa shape index (κ2) is 6.93. The van der Waals surface area contributed by atoms with Crippen molar-refractivity contribution < 1.29 is 13.2 Å². The van der Waals surface area contributed by atoms with Crippen LogP contribution in [0.3, 0.4) is 0 Å². The minimum absolute atomic E-state index is 0.215. The van der Waals surface area contributed by atoms with Gasteiger partial charge < -0.3 is 5.32 Å². The number of amides is 1. The van der Waals surface area contributed by atoms with Crippen LogP contribution < -0.4 is 10.0 Å². The van der Waals surface area contributed by atoms with E-state index in [-0.39, 0.29) is 5.91 Å². The third-order valence-corrected chi connectivity index (χ3v) is 4.56. The maximum atomic E-state index is 12.1. The maximum Gasteiger partial charge on any atom is 0.251 e. The van der Waals surface area contributed by atoms with Crippen LogP contribution in [0.25, 0.3) is 0 Å². The van der Waals surface area contributed by atoms with Gasteiger partial charge in [-0.15, -0.1) is 11.3 Å². The number of thiophene rings is 1. The molecule has 2 rings (SSSR count). The van der Waals surface area contributed by atoms with Gasteiger partial charge in [0, 0.05) is 17.0 Å². The van der Waals surface area contributed by atoms with Crippen LogP contribution in [0.2, 0.25) is 0 Å². The molecular weight excluding hydrogens is 320 g/mol. The lowest BCUT2D eigenvalue weighted by molar-refractivity contribution is 0.0954. The first-order chi connectivity index (χ1) is 10.3. The number of aryl methyl sites for hydroxylation is 1. The average Bonchev–Trinajstić information content (AvgIpc) is 2.93. The van der Waals surface area contributed by atoms with Gasteiger partial charge in [-0.3, -0.25) is 9.52 Å². The molecule has 0 bridgehead atoms. The van der Waals surface area contributed by atoms with Gasteiger partial charge in [0.25, 0.3) is 5.91 Å². The van der Waals surface area contributed by atoms with Crippen LogP contribution in [0, 0.1) is 6.92 Å². The second-order valence-electron chi connectivity index (χ2n) is 4.99. The molecular formula is C15H18N2O3S2. The number of benzene rings is 1. The molecule has 118 valence electrons. The number of rotatable bonds is 6. The molecule has 1 heterocycles. The molecule has 1 amide bonds. The van der Waals surface area contributed by atoms with Crippen LogP contribution in [-0.2, 0) is 16.4 Å². The van der Waals surface area contributed by atoms with Crippen molar-refractivity contribution >= 4 is 33.0 Å². The van der Waals surface area contributed by atoms with Gasteiger partial charge in [-0.1, -0.05) is 12.1 Å². The predicted molar refractivity (Wildman–Crippen MR) is 90.0 cm³/mol. The van der Waals surface area contributed by atoms with Gasteiger partial charge in [-0.25, -0.2) is 8.42 Å². The van der Waals surface area contributed by atoms with E-state index < -0.39 is 10.0 Å². The highest BCUT2D eigenvalue weighted by Crippen LogP contribution is 2.18. The first-order valence-corrected chi connectivity index (χ1v) is 9.51. The molecule has 0 fully saturated rings. The summed E-state index contributed by atoms with van der Waals surface area (Å²) in [6, 6.07) is 8.96. The molecule has 2 N–H and O–H groups in total. The fraction of sp³-hybridized carbons (Fsp3) is 0.267. The molecule has 0 aliphatic rings. The topological polar surface area (TPSA) is 75.3 Å². The average molecular weight is 338 g/mol. The summed E-state index contributed by atoms with van der Waals surface area (Å²) in [5, 5.41) is 4.84. The summed E-state index contributed by atoms with van der Waals surface area (Å²) in [6.45, 7) is 2.33. The van der Waals surface area contributed by atoms with E-state index >= 15 is 0 Å². The van der Waals surface area contributed by atoms with E-state index in [0.717, 1.165) is 18.2 Å². The van der Waals surface area contributed by atoms with Gasteiger partial charge in [0.15, 0.2) is 0 Å². The number of sulfonamides is 1. The largest absolute Gasteiger partial charge is 0.352 e. The number of nitrogens with one attached hydrogen (secondary N) is 2. The van der Waals surface area contributed by atoms with Crippen molar-refractivity contribution in [3.63, 3.8) is 0 Å². The lowest BCUT2D eigenvalue weighted by Gasteiger charge is -2.10. The Morgan fingerprint density at radius 1 is 1.27 bits per heavy atom. The Kier molecular flexibility index (Phi) is 5.20. The molecule has 22 heavy (non-hydrogen) atoms. The van der Waals surface area contributed by atoms with Gasteiger partial charge in [0.2, 0.25) is 10.0 Å². The standard InChI is InChI=1S/C15H18N2O3S2/c1-11-5-6-12(10-14(11)17-22(2,19)20)15(18)16-8-7-13-4-3-9-21-13/h3-6,9-10,17H,7-8H2,1-2H3,(H,16,18). The zero-order chi connectivity index (χ0) is 16.2. The number of carbonyl (C=O) groups excluding carboxylic acids is 1. The molecule has 0 radical (unpaired) electrons. The predicted octanol–water partition coefficient (Wildman–Crippen LogP) is 2.40. The molecule has 0 saturated carbocycles. The molecule has 0 unspecified atom stereocenters. The summed E-state index contributed by atoms with van der Waals surface area (Å²) in [5.74, 6) is -0.215. The summed E-state index contributed by atoms with van der Waals surface area (Å²) >= 11 is 1.65. The quantitative estimate of drug-likeness (QED) is 0.849. The van der Waals surface area contributed by atoms with E-state index in [4.69, 9.17) is 0 Å². The molecule has 0 saturated heterocycles. The Labute approximate surface area is 134 Å². The Bertz CT molecular complexity index is 753. The Morgan fingerprint density at radius 3 is 2.68 bits per heavy atom. The molecule has 0 atom stereocenters. The Balaban J connectivity index is 2.01. The van der Waals surface area contributed by atoms with Gasteiger partial charge >= 0.3 is 0 Å². The van der Waals surface area contributed by atoms with E-state index in [1.807, 2.05) is 17.5 Å². The Hall–Kier alpha value is -1.86. The fourth-order valence-corrected chi connectivity index (χ4v) is 3.26. The zero-order valence-electron chi connectivity index (χ0n) is 12.4. The lowest BCUT2D eigenvalue weighted by Crippen LogP contribution is -2.25. The van der Waals surface area contributed by atoms with E-state index in [0.29, 0.717) is 17.8 Å². The second-order valence-corrected chi connectivity index (χ2v) is 7.77. The summed E-state index contributed by atoms with van der Waals surface area (Å²) in [4.78, 5) is 13.3. The van der Waals surface area contributed by atoms with Crippen molar-refractivity contribution in [1.82, 2.24) is 5.32 Å². The monoisotopic (exact) mass is 338 g/mol. The summed E-state index contributed by atoms with van der Waals surface area (Å²) in [5.41, 5.74) is 1.62. The van der Waals surface area contributed by atoms with Crippen LogP contribution in [0.1, 0.15) is 20.8 Å². The van der Waals surface area contributed by atoms with Crippen molar-refractivity contribution in [3.05, 3.63) is 51.7 Å². The number of anilines is 1. The van der Waals surface area contributed by atoms with Crippen molar-refractivity contribution in [2.24, 2.45) is 0 Å². The highest BCUT2D eigenvalue weighted by Gasteiger charge is 2.10. The number of hydrogen-bond acceptors (Lipinski definition) is 4. The summed E-state index contributed by atoms with van der Waals surface area (Å²) in [7, 11) is -3.37. The molecule has 1 aromatic carbocycles. The first-order valence-electron chi connectivity index (χ1n) is 6.74. The van der Waals surface area contributed by atoms with Crippen LogP contribution in [0.4, 0.5) is 5.69 Å². The zero-order valence-corrected chi connectivity index (χ0v) is 14.1. The highest BCUT2D eigenvalue weighted by molar-refractivity contribution is 7.92. The SMILES string of the molecule is Cc1ccc(C(=O)NCCc2cccs2)cc1NS(C)(=O)=O. The van der Waals surface area contributed by atoms with Crippen molar-refractivity contribution in [2.45, 2.75) is 13.3 Å². The van der Waals surface area contributed by atoms with Crippen LogP contribution >= 0.6 is 11.3 Å². The normalized spacial score (nSPS) is 11.2. The first kappa shape index (κ1) is 16.5. The van der Waals surface area contributed by atoms with Crippen LogP contribution in [-0.4, -0.2) is 27.1 Å². The molecule has 0 spiro atoms. The van der Waals surface area contributed by atoms with Gasteiger partial charge in [-0.2, -0.15) is 0 Å². The third kappa shape index (κ3) is 4.85. The molecule has 1 aromatic heterocycles. The van der Waals surface area contributed by atoms with Crippen molar-refractivity contribution in [2.75, 3.05) is 17.5 Å². The van der Waals surface area contributed by atoms with Crippen molar-refractivity contribution in [3.8, 4) is 0 Å². The Morgan fingerprint density at radius 2 is 2.05 bits per heavy atom. The van der Waals surface area contributed by atoms with Crippen LogP contribution in [0.15, 0.2) is 35.7 Å². The highest BCUT2D eigenvalue weighted by atomic mass is 32.2. The fourth-order valence-electron chi connectivity index (χ4n) is 1.93. The number of hydrogen-bond donors (Lipinski definition) is 2. The van der Waals surface area contributed by atoms with E-state index in [2.05, 4.69) is 10.0 Å². The minimum atomic E-state index is -3.37. The van der Waals surface area contributed by atoms with E-state index in [9.17, 15) is 13.2 Å². The van der Waals surface area contributed by atoms with Gasteiger partial charge in [0.1, 0.15) is 0 Å². The molecule has 7 heteroatoms.